The summed E-state index contributed by atoms with van der Waals surface area (Å²) in [6.45, 7) is 7.17. The van der Waals surface area contributed by atoms with Gasteiger partial charge in [0, 0.05) is 11.8 Å². The molecule has 3 N–H and O–H groups in total. The Morgan fingerprint density at radius 2 is 1.58 bits per heavy atom. The van der Waals surface area contributed by atoms with Crippen LogP contribution >= 0.6 is 0 Å². The van der Waals surface area contributed by atoms with Gasteiger partial charge in [0.25, 0.3) is 0 Å². The molecule has 0 rings (SSSR count). The zero-order chi connectivity index (χ0) is 20.1. The van der Waals surface area contributed by atoms with Crippen molar-refractivity contribution in [3.63, 3.8) is 0 Å². The molecule has 0 heterocycles. The molecule has 0 bridgehead atoms. The minimum atomic E-state index is -0.562. The van der Waals surface area contributed by atoms with Crippen LogP contribution in [0.3, 0.4) is 0 Å². The van der Waals surface area contributed by atoms with Crippen LogP contribution in [0.2, 0.25) is 0 Å². The lowest BCUT2D eigenvalue weighted by atomic mass is 9.98. The fourth-order valence-corrected chi connectivity index (χ4v) is 2.06. The Kier molecular flexibility index (Phi) is 12.5. The fraction of sp³-hybridized carbons (Fsp3) is 0.778. The number of carbonyl (C=O) groups excluding carboxylic acids is 4. The number of rotatable bonds is 14. The van der Waals surface area contributed by atoms with E-state index in [1.54, 1.807) is 27.7 Å². The van der Waals surface area contributed by atoms with Gasteiger partial charge in [-0.25, -0.2) is 0 Å². The lowest BCUT2D eigenvalue weighted by Crippen LogP contribution is -2.47. The standard InChI is InChI=1S/C18H33N3O5/c1-12(2)15(22)10-26-11-17(24)20-9-16(23)21-14(7-6-8-19-5)18(25)13(3)4/h12-14,19H,6-11H2,1-5H3,(H,20,24)(H,21,23)/t14-/m0/s1. The smallest absolute Gasteiger partial charge is 0.246 e. The monoisotopic (exact) mass is 371 g/mol. The van der Waals surface area contributed by atoms with Crippen LogP contribution in [0.15, 0.2) is 0 Å². The SMILES string of the molecule is CNCCC[C@H](NC(=O)CNC(=O)COCC(=O)C(C)C)C(=O)C(C)C. The van der Waals surface area contributed by atoms with E-state index in [1.165, 1.54) is 0 Å². The van der Waals surface area contributed by atoms with Gasteiger partial charge in [0.1, 0.15) is 13.2 Å². The second kappa shape index (κ2) is 13.4. The molecule has 0 saturated heterocycles. The third-order valence-corrected chi connectivity index (χ3v) is 3.73. The molecule has 0 aromatic rings. The van der Waals surface area contributed by atoms with Crippen LogP contribution in [-0.4, -0.2) is 62.8 Å². The van der Waals surface area contributed by atoms with E-state index in [9.17, 15) is 19.2 Å². The molecule has 8 nitrogen and oxygen atoms in total. The highest BCUT2D eigenvalue weighted by Gasteiger charge is 2.22. The third kappa shape index (κ3) is 10.9. The predicted molar refractivity (Wildman–Crippen MR) is 98.6 cm³/mol. The van der Waals surface area contributed by atoms with Crippen molar-refractivity contribution < 1.29 is 23.9 Å². The second-order valence-electron chi connectivity index (χ2n) is 6.81. The second-order valence-corrected chi connectivity index (χ2v) is 6.81. The fourth-order valence-electron chi connectivity index (χ4n) is 2.06. The summed E-state index contributed by atoms with van der Waals surface area (Å²) < 4.78 is 5.01. The van der Waals surface area contributed by atoms with Gasteiger partial charge in [-0.05, 0) is 26.4 Å². The number of ketones is 2. The zero-order valence-electron chi connectivity index (χ0n) is 16.5. The average Bonchev–Trinajstić information content (AvgIpc) is 2.58. The predicted octanol–water partition coefficient (Wildman–Crippen LogP) is 0.0538. The van der Waals surface area contributed by atoms with Crippen molar-refractivity contribution in [1.82, 2.24) is 16.0 Å². The number of hydrogen-bond donors (Lipinski definition) is 3. The van der Waals surface area contributed by atoms with Crippen LogP contribution in [-0.2, 0) is 23.9 Å². The Morgan fingerprint density at radius 3 is 2.12 bits per heavy atom. The summed E-state index contributed by atoms with van der Waals surface area (Å²) in [5, 5.41) is 8.09. The normalized spacial score (nSPS) is 12.1. The number of hydrogen-bond acceptors (Lipinski definition) is 6. The Bertz CT molecular complexity index is 477. The van der Waals surface area contributed by atoms with Crippen molar-refractivity contribution in [2.45, 2.75) is 46.6 Å². The van der Waals surface area contributed by atoms with Gasteiger partial charge in [-0.3, -0.25) is 19.2 Å². The third-order valence-electron chi connectivity index (χ3n) is 3.73. The summed E-state index contributed by atoms with van der Waals surface area (Å²) in [7, 11) is 1.82. The first-order valence-electron chi connectivity index (χ1n) is 9.03. The summed E-state index contributed by atoms with van der Waals surface area (Å²) >= 11 is 0. The molecule has 0 aliphatic heterocycles. The molecule has 0 saturated carbocycles. The Labute approximate surface area is 155 Å². The van der Waals surface area contributed by atoms with E-state index in [-0.39, 0.29) is 43.2 Å². The Hall–Kier alpha value is -1.80. The minimum absolute atomic E-state index is 0.0312. The van der Waals surface area contributed by atoms with Crippen LogP contribution in [0.4, 0.5) is 0 Å². The molecule has 0 aliphatic rings. The van der Waals surface area contributed by atoms with E-state index < -0.39 is 17.9 Å². The first-order chi connectivity index (χ1) is 12.2. The van der Waals surface area contributed by atoms with Crippen molar-refractivity contribution >= 4 is 23.4 Å². The topological polar surface area (TPSA) is 114 Å². The number of ether oxygens (including phenoxy) is 1. The van der Waals surface area contributed by atoms with Crippen molar-refractivity contribution in [3.8, 4) is 0 Å². The van der Waals surface area contributed by atoms with Gasteiger partial charge in [0.2, 0.25) is 11.8 Å². The van der Waals surface area contributed by atoms with Gasteiger partial charge >= 0.3 is 0 Å². The van der Waals surface area contributed by atoms with E-state index in [0.29, 0.717) is 6.42 Å². The minimum Gasteiger partial charge on any atom is -0.364 e. The molecule has 2 amide bonds. The maximum absolute atomic E-state index is 12.2. The molecular weight excluding hydrogens is 338 g/mol. The summed E-state index contributed by atoms with van der Waals surface area (Å²) in [6, 6.07) is -0.562. The number of carbonyl (C=O) groups is 4. The van der Waals surface area contributed by atoms with Gasteiger partial charge < -0.3 is 20.7 Å². The quantitative estimate of drug-likeness (QED) is 0.372. The largest absolute Gasteiger partial charge is 0.364 e. The van der Waals surface area contributed by atoms with Gasteiger partial charge in [-0.2, -0.15) is 0 Å². The van der Waals surface area contributed by atoms with Crippen LogP contribution in [0, 0.1) is 11.8 Å². The first-order valence-corrected chi connectivity index (χ1v) is 9.03. The van der Waals surface area contributed by atoms with E-state index in [4.69, 9.17) is 4.74 Å². The zero-order valence-corrected chi connectivity index (χ0v) is 16.5. The highest BCUT2D eigenvalue weighted by molar-refractivity contribution is 5.92. The molecule has 0 fully saturated rings. The molecule has 8 heteroatoms. The molecular formula is C18H33N3O5. The molecule has 0 unspecified atom stereocenters. The van der Waals surface area contributed by atoms with E-state index >= 15 is 0 Å². The summed E-state index contributed by atoms with van der Waals surface area (Å²) in [5.41, 5.74) is 0. The molecule has 0 radical (unpaired) electrons. The summed E-state index contributed by atoms with van der Waals surface area (Å²) in [6.07, 6.45) is 1.29. The van der Waals surface area contributed by atoms with Crippen molar-refractivity contribution in [1.29, 1.82) is 0 Å². The van der Waals surface area contributed by atoms with Crippen molar-refractivity contribution in [2.24, 2.45) is 11.8 Å². The average molecular weight is 371 g/mol. The molecule has 1 atom stereocenters. The van der Waals surface area contributed by atoms with Gasteiger partial charge in [0.15, 0.2) is 11.6 Å². The summed E-state index contributed by atoms with van der Waals surface area (Å²) in [5.74, 6) is -1.37. The molecule has 0 aromatic heterocycles. The maximum atomic E-state index is 12.2. The number of nitrogens with one attached hydrogen (secondary N) is 3. The van der Waals surface area contributed by atoms with Gasteiger partial charge in [-0.15, -0.1) is 0 Å². The highest BCUT2D eigenvalue weighted by atomic mass is 16.5. The van der Waals surface area contributed by atoms with Crippen LogP contribution in [0.5, 0.6) is 0 Å². The first kappa shape index (κ1) is 24.2. The van der Waals surface area contributed by atoms with E-state index in [1.807, 2.05) is 7.05 Å². The van der Waals surface area contributed by atoms with Crippen LogP contribution in [0.1, 0.15) is 40.5 Å². The number of amides is 2. The maximum Gasteiger partial charge on any atom is 0.246 e. The summed E-state index contributed by atoms with van der Waals surface area (Å²) in [4.78, 5) is 47.2. The highest BCUT2D eigenvalue weighted by Crippen LogP contribution is 2.06. The van der Waals surface area contributed by atoms with Crippen molar-refractivity contribution in [3.05, 3.63) is 0 Å². The van der Waals surface area contributed by atoms with Crippen LogP contribution in [0.25, 0.3) is 0 Å². The van der Waals surface area contributed by atoms with Crippen LogP contribution < -0.4 is 16.0 Å². The lowest BCUT2D eigenvalue weighted by molar-refractivity contribution is -0.133. The van der Waals surface area contributed by atoms with Crippen molar-refractivity contribution in [2.75, 3.05) is 33.4 Å². The van der Waals surface area contributed by atoms with Gasteiger partial charge in [-0.1, -0.05) is 27.7 Å². The number of Topliss-reactive ketones (excluding diaryl/α,β-unsaturated/α-hetero) is 2. The Balaban J connectivity index is 4.26. The molecule has 0 aromatic carbocycles. The molecule has 0 spiro atoms. The van der Waals surface area contributed by atoms with E-state index in [2.05, 4.69) is 16.0 Å². The molecule has 150 valence electrons. The Morgan fingerprint density at radius 1 is 0.923 bits per heavy atom. The lowest BCUT2D eigenvalue weighted by Gasteiger charge is -2.19. The van der Waals surface area contributed by atoms with Gasteiger partial charge in [0.05, 0.1) is 12.6 Å². The molecule has 26 heavy (non-hydrogen) atoms. The van der Waals surface area contributed by atoms with E-state index in [0.717, 1.165) is 13.0 Å². The molecule has 0 aliphatic carbocycles.